The van der Waals surface area contributed by atoms with Gasteiger partial charge in [-0.2, -0.15) is 22.8 Å². The second kappa shape index (κ2) is 7.98. The van der Waals surface area contributed by atoms with Crippen molar-refractivity contribution in [2.75, 3.05) is 0 Å². The number of aromatic nitrogens is 4. The third-order valence-corrected chi connectivity index (χ3v) is 4.33. The fourth-order valence-corrected chi connectivity index (χ4v) is 2.94. The topological polar surface area (TPSA) is 203 Å². The van der Waals surface area contributed by atoms with Gasteiger partial charge in [-0.25, -0.2) is 4.98 Å². The van der Waals surface area contributed by atoms with Crippen LogP contribution in [0.3, 0.4) is 0 Å². The van der Waals surface area contributed by atoms with Crippen LogP contribution in [0, 0.1) is 0 Å². The minimum atomic E-state index is -4.41. The van der Waals surface area contributed by atoms with Crippen molar-refractivity contribution in [3.63, 3.8) is 0 Å². The number of amides is 1. The molecule has 2 aromatic heterocycles. The fourth-order valence-electron chi connectivity index (χ4n) is 1.76. The SMILES string of the molecule is C=C(C(N)=O)[C@H](NS(=O)(=O)N[C@@H](C)C(=O)O)c1nc(-c2cnccn2)no1. The summed E-state index contributed by atoms with van der Waals surface area (Å²) in [5, 5.41) is 12.5. The van der Waals surface area contributed by atoms with Crippen LogP contribution < -0.4 is 15.2 Å². The van der Waals surface area contributed by atoms with Gasteiger partial charge >= 0.3 is 5.97 Å². The smallest absolute Gasteiger partial charge is 0.321 e. The van der Waals surface area contributed by atoms with Gasteiger partial charge in [0.1, 0.15) is 17.8 Å². The molecule has 0 aliphatic carbocycles. The second-order valence-corrected chi connectivity index (χ2v) is 6.65. The van der Waals surface area contributed by atoms with E-state index < -0.39 is 39.7 Å². The van der Waals surface area contributed by atoms with E-state index >= 15 is 0 Å². The minimum Gasteiger partial charge on any atom is -0.480 e. The predicted molar refractivity (Wildman–Crippen MR) is 88.7 cm³/mol. The van der Waals surface area contributed by atoms with Crippen LogP contribution >= 0.6 is 0 Å². The summed E-state index contributed by atoms with van der Waals surface area (Å²) >= 11 is 0. The molecule has 5 N–H and O–H groups in total. The molecule has 0 saturated heterocycles. The number of nitrogens with two attached hydrogens (primary N) is 1. The molecule has 14 heteroatoms. The van der Waals surface area contributed by atoms with E-state index in [2.05, 4.69) is 26.7 Å². The second-order valence-electron chi connectivity index (χ2n) is 5.17. The van der Waals surface area contributed by atoms with Gasteiger partial charge in [-0.3, -0.25) is 14.6 Å². The molecule has 0 fully saturated rings. The number of nitrogens with one attached hydrogen (secondary N) is 2. The van der Waals surface area contributed by atoms with Gasteiger partial charge in [-0.15, -0.1) is 0 Å². The number of carbonyl (C=O) groups is 2. The average Bonchev–Trinajstić information content (AvgIpc) is 3.09. The molecule has 0 bridgehead atoms. The number of carbonyl (C=O) groups excluding carboxylic acids is 1. The van der Waals surface area contributed by atoms with E-state index in [4.69, 9.17) is 15.4 Å². The molecule has 0 radical (unpaired) electrons. The van der Waals surface area contributed by atoms with Crippen LogP contribution in [0.25, 0.3) is 11.5 Å². The summed E-state index contributed by atoms with van der Waals surface area (Å²) in [6.07, 6.45) is 4.14. The van der Waals surface area contributed by atoms with Gasteiger partial charge in [0.15, 0.2) is 0 Å². The molecule has 0 spiro atoms. The summed E-state index contributed by atoms with van der Waals surface area (Å²) in [7, 11) is -4.41. The van der Waals surface area contributed by atoms with Crippen LogP contribution in [0.1, 0.15) is 18.9 Å². The van der Waals surface area contributed by atoms with Crippen LogP contribution in [-0.2, 0) is 19.8 Å². The van der Waals surface area contributed by atoms with Crippen molar-refractivity contribution in [2.24, 2.45) is 5.73 Å². The summed E-state index contributed by atoms with van der Waals surface area (Å²) < 4.78 is 33.1. The first-order chi connectivity index (χ1) is 12.6. The highest BCUT2D eigenvalue weighted by molar-refractivity contribution is 7.87. The van der Waals surface area contributed by atoms with Crippen molar-refractivity contribution < 1.29 is 27.6 Å². The van der Waals surface area contributed by atoms with Crippen molar-refractivity contribution in [2.45, 2.75) is 19.0 Å². The van der Waals surface area contributed by atoms with Gasteiger partial charge < -0.3 is 15.4 Å². The van der Waals surface area contributed by atoms with Gasteiger partial charge in [-0.1, -0.05) is 11.7 Å². The average molecular weight is 397 g/mol. The Hall–Kier alpha value is -3.23. The molecule has 0 aliphatic heterocycles. The zero-order valence-corrected chi connectivity index (χ0v) is 14.7. The number of primary amides is 1. The number of carboxylic acids is 1. The van der Waals surface area contributed by atoms with E-state index in [1.807, 2.05) is 9.44 Å². The van der Waals surface area contributed by atoms with Crippen molar-refractivity contribution in [1.29, 1.82) is 0 Å². The molecule has 0 aliphatic rings. The van der Waals surface area contributed by atoms with Crippen molar-refractivity contribution in [3.05, 3.63) is 36.6 Å². The fraction of sp³-hybridized carbons (Fsp3) is 0.231. The van der Waals surface area contributed by atoms with Crippen LogP contribution in [0.2, 0.25) is 0 Å². The third-order valence-electron chi connectivity index (χ3n) is 3.12. The van der Waals surface area contributed by atoms with E-state index in [1.165, 1.54) is 18.6 Å². The van der Waals surface area contributed by atoms with E-state index in [1.54, 1.807) is 0 Å². The van der Waals surface area contributed by atoms with Gasteiger partial charge in [0.25, 0.3) is 10.2 Å². The van der Waals surface area contributed by atoms with Crippen LogP contribution in [0.5, 0.6) is 0 Å². The lowest BCUT2D eigenvalue weighted by molar-refractivity contribution is -0.138. The Bertz CT molecular complexity index is 959. The molecule has 0 unspecified atom stereocenters. The Morgan fingerprint density at radius 2 is 2.04 bits per heavy atom. The Balaban J connectivity index is 2.33. The monoisotopic (exact) mass is 397 g/mol. The maximum atomic E-state index is 12.1. The minimum absolute atomic E-state index is 0.0218. The number of hydrogen-bond acceptors (Lipinski definition) is 9. The largest absolute Gasteiger partial charge is 0.480 e. The highest BCUT2D eigenvalue weighted by Crippen LogP contribution is 2.22. The number of carboxylic acid groups (broad SMARTS) is 1. The molecule has 2 atom stereocenters. The molecule has 144 valence electrons. The van der Waals surface area contributed by atoms with Gasteiger partial charge in [0, 0.05) is 18.0 Å². The predicted octanol–water partition coefficient (Wildman–Crippen LogP) is -1.49. The van der Waals surface area contributed by atoms with Crippen LogP contribution in [0.4, 0.5) is 0 Å². The summed E-state index contributed by atoms with van der Waals surface area (Å²) in [5.41, 5.74) is 4.99. The number of rotatable bonds is 9. The summed E-state index contributed by atoms with van der Waals surface area (Å²) in [5.74, 6) is -2.82. The Morgan fingerprint density at radius 3 is 2.59 bits per heavy atom. The molecular weight excluding hydrogens is 382 g/mol. The maximum absolute atomic E-state index is 12.1. The normalized spacial score (nSPS) is 13.7. The number of aliphatic carboxylic acids is 1. The van der Waals surface area contributed by atoms with Gasteiger partial charge in [0.05, 0.1) is 6.20 Å². The molecule has 27 heavy (non-hydrogen) atoms. The molecule has 0 saturated carbocycles. The van der Waals surface area contributed by atoms with E-state index in [9.17, 15) is 18.0 Å². The third kappa shape index (κ3) is 5.13. The van der Waals surface area contributed by atoms with Crippen LogP contribution in [0.15, 0.2) is 35.3 Å². The first-order valence-electron chi connectivity index (χ1n) is 7.21. The standard InChI is InChI=1S/C13H15N7O6S/c1-6(10(14)21)9(20-27(24,25)19-7(2)13(22)23)12-17-11(18-26-12)8-5-15-3-4-16-8/h3-5,7,9,19-20H,1H2,2H3,(H2,14,21)(H,22,23)/t7-,9-/m0/s1. The molecule has 13 nitrogen and oxygen atoms in total. The van der Waals surface area contributed by atoms with Crippen molar-refractivity contribution in [1.82, 2.24) is 29.6 Å². The lowest BCUT2D eigenvalue weighted by Gasteiger charge is -2.17. The quantitative estimate of drug-likeness (QED) is 0.361. The van der Waals surface area contributed by atoms with Crippen molar-refractivity contribution in [3.8, 4) is 11.5 Å². The van der Waals surface area contributed by atoms with E-state index in [0.717, 1.165) is 6.92 Å². The highest BCUT2D eigenvalue weighted by Gasteiger charge is 2.31. The van der Waals surface area contributed by atoms with E-state index in [0.29, 0.717) is 0 Å². The molecular formula is C13H15N7O6S. The molecule has 2 aromatic rings. The summed E-state index contributed by atoms with van der Waals surface area (Å²) in [4.78, 5) is 34.1. The zero-order valence-electron chi connectivity index (χ0n) is 13.9. The van der Waals surface area contributed by atoms with Crippen molar-refractivity contribution >= 4 is 22.1 Å². The number of hydrogen-bond donors (Lipinski definition) is 4. The highest BCUT2D eigenvalue weighted by atomic mass is 32.2. The lowest BCUT2D eigenvalue weighted by atomic mass is 10.1. The summed E-state index contributed by atoms with van der Waals surface area (Å²) in [6.45, 7) is 4.52. The zero-order chi connectivity index (χ0) is 20.2. The van der Waals surface area contributed by atoms with Gasteiger partial charge in [-0.05, 0) is 6.92 Å². The first kappa shape index (κ1) is 20.1. The number of nitrogens with zero attached hydrogens (tertiary/aromatic N) is 4. The van der Waals surface area contributed by atoms with E-state index in [-0.39, 0.29) is 17.4 Å². The summed E-state index contributed by atoms with van der Waals surface area (Å²) in [6, 6.07) is -2.97. The molecule has 1 amide bonds. The Kier molecular flexibility index (Phi) is 5.94. The molecule has 0 aromatic carbocycles. The Morgan fingerprint density at radius 1 is 1.33 bits per heavy atom. The maximum Gasteiger partial charge on any atom is 0.321 e. The molecule has 2 heterocycles. The Labute approximate surface area is 152 Å². The van der Waals surface area contributed by atoms with Crippen LogP contribution in [-0.4, -0.2) is 51.6 Å². The first-order valence-corrected chi connectivity index (χ1v) is 8.70. The van der Waals surface area contributed by atoms with Gasteiger partial charge in [0.2, 0.25) is 17.6 Å². The lowest BCUT2D eigenvalue weighted by Crippen LogP contribution is -2.47. The molecule has 2 rings (SSSR count).